The van der Waals surface area contributed by atoms with Crippen LogP contribution in [0.25, 0.3) is 0 Å². The Hall–Kier alpha value is -2.59. The van der Waals surface area contributed by atoms with Gasteiger partial charge in [0.1, 0.15) is 11.3 Å². The third-order valence-electron chi connectivity index (χ3n) is 5.37. The van der Waals surface area contributed by atoms with E-state index in [1.807, 2.05) is 6.92 Å². The molecule has 168 valence electrons. The maximum absolute atomic E-state index is 12.5. The number of para-hydroxylation sites is 1. The minimum atomic E-state index is -1.29. The Morgan fingerprint density at radius 3 is 2.74 bits per heavy atom. The van der Waals surface area contributed by atoms with Gasteiger partial charge in [-0.25, -0.2) is 4.79 Å². The summed E-state index contributed by atoms with van der Waals surface area (Å²) < 4.78 is 20.9. The molecular weight excluding hydrogens is 405 g/mol. The Morgan fingerprint density at radius 2 is 2.00 bits per heavy atom. The normalized spacial score (nSPS) is 18.5. The summed E-state index contributed by atoms with van der Waals surface area (Å²) in [6, 6.07) is 4.93. The van der Waals surface area contributed by atoms with E-state index in [0.717, 1.165) is 12.8 Å². The molecule has 0 spiro atoms. The fourth-order valence-electron chi connectivity index (χ4n) is 3.69. The minimum absolute atomic E-state index is 0.121. The second-order valence-electron chi connectivity index (χ2n) is 7.76. The van der Waals surface area contributed by atoms with E-state index in [1.54, 1.807) is 12.1 Å². The van der Waals surface area contributed by atoms with Crippen molar-refractivity contribution >= 4 is 25.0 Å². The van der Waals surface area contributed by atoms with Crippen LogP contribution in [0, 0.1) is 5.92 Å². The van der Waals surface area contributed by atoms with Crippen molar-refractivity contribution in [1.29, 1.82) is 0 Å². The first-order valence-corrected chi connectivity index (χ1v) is 10.6. The van der Waals surface area contributed by atoms with Crippen molar-refractivity contribution in [1.82, 2.24) is 5.32 Å². The molecule has 31 heavy (non-hydrogen) atoms. The Morgan fingerprint density at radius 1 is 1.23 bits per heavy atom. The van der Waals surface area contributed by atoms with Gasteiger partial charge in [0.25, 0.3) is 0 Å². The van der Waals surface area contributed by atoms with Crippen LogP contribution in [0.5, 0.6) is 5.75 Å². The highest BCUT2D eigenvalue weighted by Crippen LogP contribution is 2.30. The monoisotopic (exact) mass is 433 g/mol. The zero-order valence-corrected chi connectivity index (χ0v) is 17.6. The number of nitrogens with one attached hydrogen (secondary N) is 1. The van der Waals surface area contributed by atoms with Crippen LogP contribution in [-0.4, -0.2) is 55.9 Å². The predicted octanol–water partition coefficient (Wildman–Crippen LogP) is 1.40. The van der Waals surface area contributed by atoms with E-state index in [1.165, 1.54) is 6.07 Å². The van der Waals surface area contributed by atoms with Gasteiger partial charge in [-0.2, -0.15) is 0 Å². The van der Waals surface area contributed by atoms with Crippen LogP contribution < -0.4 is 9.97 Å². The number of rotatable bonds is 8. The van der Waals surface area contributed by atoms with Crippen molar-refractivity contribution in [3.05, 3.63) is 29.3 Å². The van der Waals surface area contributed by atoms with Crippen LogP contribution in [0.2, 0.25) is 0 Å². The summed E-state index contributed by atoms with van der Waals surface area (Å²) in [6.07, 6.45) is 3.25. The van der Waals surface area contributed by atoms with E-state index in [-0.39, 0.29) is 29.6 Å². The molecule has 0 aliphatic carbocycles. The molecule has 0 aromatic heterocycles. The molecule has 1 amide bonds. The summed E-state index contributed by atoms with van der Waals surface area (Å²) in [6.45, 7) is 2.67. The molecule has 1 saturated heterocycles. The van der Waals surface area contributed by atoms with Gasteiger partial charge in [0.2, 0.25) is 12.7 Å². The van der Waals surface area contributed by atoms with Crippen molar-refractivity contribution in [2.24, 2.45) is 5.92 Å². The zero-order chi connectivity index (χ0) is 22.2. The van der Waals surface area contributed by atoms with Gasteiger partial charge in [0, 0.05) is 26.1 Å². The number of carbonyl (C=O) groups is 3. The molecule has 0 radical (unpaired) electrons. The second-order valence-corrected chi connectivity index (χ2v) is 7.76. The van der Waals surface area contributed by atoms with Crippen molar-refractivity contribution in [2.45, 2.75) is 51.4 Å². The largest absolute Gasteiger partial charge is 0.547 e. The van der Waals surface area contributed by atoms with Gasteiger partial charge in [-0.3, -0.25) is 9.59 Å². The molecule has 1 aromatic carbocycles. The molecule has 10 heteroatoms. The van der Waals surface area contributed by atoms with Crippen molar-refractivity contribution in [3.63, 3.8) is 0 Å². The highest BCUT2D eigenvalue weighted by atomic mass is 16.7. The van der Waals surface area contributed by atoms with E-state index < -0.39 is 31.8 Å². The second kappa shape index (κ2) is 11.2. The van der Waals surface area contributed by atoms with Crippen LogP contribution >= 0.6 is 0 Å². The van der Waals surface area contributed by atoms with Gasteiger partial charge in [-0.05, 0) is 43.2 Å². The molecule has 3 rings (SSSR count). The first-order chi connectivity index (χ1) is 15.0. The standard InChI is InChI=1S/C21H28BNO8/c1-2-4-18(24)23-17-12-15-5-3-6-16(20(15)31-22(17)27)21(26)30-13-29-19(25)11-14-7-9-28-10-8-14/h3,5-6,14,17,27H,2,4,7-13H2,1H3,(H,23,24)/t17-/m0/s1. The average Bonchev–Trinajstić information content (AvgIpc) is 2.74. The van der Waals surface area contributed by atoms with Crippen LogP contribution in [0.4, 0.5) is 0 Å². The molecule has 9 nitrogen and oxygen atoms in total. The van der Waals surface area contributed by atoms with Crippen LogP contribution in [0.1, 0.15) is 54.9 Å². The van der Waals surface area contributed by atoms with E-state index in [0.29, 0.717) is 38.0 Å². The molecule has 2 N–H and O–H groups in total. The molecule has 1 atom stereocenters. The van der Waals surface area contributed by atoms with Gasteiger partial charge in [-0.15, -0.1) is 0 Å². The van der Waals surface area contributed by atoms with Crippen molar-refractivity contribution in [2.75, 3.05) is 20.0 Å². The Labute approximate surface area is 181 Å². The third-order valence-corrected chi connectivity index (χ3v) is 5.37. The van der Waals surface area contributed by atoms with Crippen molar-refractivity contribution in [3.8, 4) is 5.75 Å². The lowest BCUT2D eigenvalue weighted by Gasteiger charge is -2.29. The Kier molecular flexibility index (Phi) is 8.31. The SMILES string of the molecule is CCCC(=O)N[C@H]1Cc2cccc(C(=O)OCOC(=O)CC3CCOCC3)c2OB1O. The number of amides is 1. The lowest BCUT2D eigenvalue weighted by Crippen LogP contribution is -2.53. The summed E-state index contributed by atoms with van der Waals surface area (Å²) >= 11 is 0. The summed E-state index contributed by atoms with van der Waals surface area (Å²) in [7, 11) is -1.29. The van der Waals surface area contributed by atoms with Gasteiger partial charge in [-0.1, -0.05) is 19.1 Å². The summed E-state index contributed by atoms with van der Waals surface area (Å²) in [5.41, 5.74) is 0.786. The molecule has 1 fully saturated rings. The van der Waals surface area contributed by atoms with Gasteiger partial charge < -0.3 is 29.2 Å². The lowest BCUT2D eigenvalue weighted by molar-refractivity contribution is -0.154. The summed E-state index contributed by atoms with van der Waals surface area (Å²) in [4.78, 5) is 36.3. The average molecular weight is 433 g/mol. The lowest BCUT2D eigenvalue weighted by atomic mass is 9.72. The van der Waals surface area contributed by atoms with Gasteiger partial charge >= 0.3 is 19.1 Å². The first kappa shape index (κ1) is 23.1. The maximum Gasteiger partial charge on any atom is 0.547 e. The molecular formula is C21H28BNO8. The van der Waals surface area contributed by atoms with Gasteiger partial charge in [0.05, 0.1) is 5.94 Å². The summed E-state index contributed by atoms with van der Waals surface area (Å²) in [5.74, 6) is -1.50. The van der Waals surface area contributed by atoms with Gasteiger partial charge in [0.15, 0.2) is 0 Å². The topological polar surface area (TPSA) is 120 Å². The van der Waals surface area contributed by atoms with E-state index in [9.17, 15) is 19.4 Å². The van der Waals surface area contributed by atoms with Crippen molar-refractivity contribution < 1.29 is 38.3 Å². The number of fused-ring (bicyclic) bond motifs is 1. The number of carbonyl (C=O) groups excluding carboxylic acids is 3. The molecule has 0 unspecified atom stereocenters. The molecule has 2 aliphatic heterocycles. The Balaban J connectivity index is 1.53. The summed E-state index contributed by atoms with van der Waals surface area (Å²) in [5, 5.41) is 13.0. The highest BCUT2D eigenvalue weighted by Gasteiger charge is 2.37. The van der Waals surface area contributed by atoms with E-state index in [4.69, 9.17) is 18.9 Å². The predicted molar refractivity (Wildman–Crippen MR) is 110 cm³/mol. The molecule has 1 aromatic rings. The van der Waals surface area contributed by atoms with E-state index >= 15 is 0 Å². The number of hydrogen-bond donors (Lipinski definition) is 2. The molecule has 0 bridgehead atoms. The first-order valence-electron chi connectivity index (χ1n) is 10.6. The van der Waals surface area contributed by atoms with Crippen LogP contribution in [0.15, 0.2) is 18.2 Å². The van der Waals surface area contributed by atoms with Crippen LogP contribution in [-0.2, 0) is 30.2 Å². The maximum atomic E-state index is 12.5. The number of esters is 2. The molecule has 0 saturated carbocycles. The smallest absolute Gasteiger partial charge is 0.534 e. The minimum Gasteiger partial charge on any atom is -0.534 e. The molecule has 2 heterocycles. The fraction of sp³-hybridized carbons (Fsp3) is 0.571. The van der Waals surface area contributed by atoms with Crippen LogP contribution in [0.3, 0.4) is 0 Å². The third kappa shape index (κ3) is 6.45. The van der Waals surface area contributed by atoms with E-state index in [2.05, 4.69) is 5.32 Å². The quantitative estimate of drug-likeness (QED) is 0.359. The number of ether oxygens (including phenoxy) is 3. The number of hydrogen-bond acceptors (Lipinski definition) is 8. The zero-order valence-electron chi connectivity index (χ0n) is 17.6. The highest BCUT2D eigenvalue weighted by molar-refractivity contribution is 6.47. The fourth-order valence-corrected chi connectivity index (χ4v) is 3.69. The Bertz CT molecular complexity index is 796. The molecule has 2 aliphatic rings. The number of benzene rings is 1.